The van der Waals surface area contributed by atoms with E-state index in [9.17, 15) is 0 Å². The molecule has 0 aliphatic heterocycles. The topological polar surface area (TPSA) is 35.6 Å². The van der Waals surface area contributed by atoms with Gasteiger partial charge in [-0.05, 0) is 70.8 Å². The third kappa shape index (κ3) is 5.14. The second-order valence-corrected chi connectivity index (χ2v) is 12.3. The van der Waals surface area contributed by atoms with Crippen LogP contribution in [0.4, 0.5) is 0 Å². The standard InChI is InChI=1S/C44H32N4/c1-3-11-32(12-4-1)40-30-41(33-13-5-2-6-14-33)46-44(45-40)36-21-19-31(20-22-36)37-27-38(47-25-23-34-15-7-9-17-42(34)47)29-39(28-37)48-26-24-35-16-8-10-18-43(35)48/h1-27,29-30,39H,28H2. The summed E-state index contributed by atoms with van der Waals surface area (Å²) >= 11 is 0. The zero-order chi connectivity index (χ0) is 31.9. The molecule has 4 heteroatoms. The van der Waals surface area contributed by atoms with E-state index in [1.165, 1.54) is 38.6 Å². The lowest BCUT2D eigenvalue weighted by atomic mass is 9.92. The van der Waals surface area contributed by atoms with Crippen LogP contribution in [0, 0.1) is 0 Å². The van der Waals surface area contributed by atoms with E-state index >= 15 is 0 Å². The van der Waals surface area contributed by atoms with Gasteiger partial charge in [-0.25, -0.2) is 9.97 Å². The van der Waals surface area contributed by atoms with Crippen LogP contribution in [0.25, 0.3) is 67.0 Å². The van der Waals surface area contributed by atoms with E-state index in [1.807, 2.05) is 12.1 Å². The van der Waals surface area contributed by atoms with Gasteiger partial charge in [-0.2, -0.15) is 0 Å². The van der Waals surface area contributed by atoms with E-state index in [4.69, 9.17) is 9.97 Å². The molecule has 1 aliphatic rings. The van der Waals surface area contributed by atoms with Crippen LogP contribution in [0.15, 0.2) is 176 Å². The summed E-state index contributed by atoms with van der Waals surface area (Å²) in [6.45, 7) is 0. The van der Waals surface area contributed by atoms with Crippen LogP contribution in [0.5, 0.6) is 0 Å². The van der Waals surface area contributed by atoms with Crippen LogP contribution in [-0.4, -0.2) is 19.1 Å². The van der Waals surface area contributed by atoms with Crippen LogP contribution < -0.4 is 0 Å². The van der Waals surface area contributed by atoms with Crippen LogP contribution >= 0.6 is 0 Å². The van der Waals surface area contributed by atoms with Gasteiger partial charge < -0.3 is 9.13 Å². The fourth-order valence-electron chi connectivity index (χ4n) is 6.92. The fraction of sp³-hybridized carbons (Fsp3) is 0.0455. The van der Waals surface area contributed by atoms with E-state index in [-0.39, 0.29) is 6.04 Å². The van der Waals surface area contributed by atoms with Gasteiger partial charge in [0, 0.05) is 40.3 Å². The molecule has 0 bridgehead atoms. The Morgan fingerprint density at radius 1 is 0.500 bits per heavy atom. The van der Waals surface area contributed by atoms with Crippen molar-refractivity contribution in [2.45, 2.75) is 12.5 Å². The van der Waals surface area contributed by atoms with Crippen molar-refractivity contribution in [3.63, 3.8) is 0 Å². The molecule has 9 rings (SSSR count). The number of para-hydroxylation sites is 2. The van der Waals surface area contributed by atoms with E-state index in [1.54, 1.807) is 0 Å². The summed E-state index contributed by atoms with van der Waals surface area (Å²) in [4.78, 5) is 10.1. The van der Waals surface area contributed by atoms with Crippen molar-refractivity contribution in [3.8, 4) is 33.9 Å². The van der Waals surface area contributed by atoms with E-state index in [0.717, 1.165) is 40.3 Å². The van der Waals surface area contributed by atoms with Gasteiger partial charge in [-0.15, -0.1) is 0 Å². The van der Waals surface area contributed by atoms with Gasteiger partial charge in [0.05, 0.1) is 22.9 Å². The fourth-order valence-corrected chi connectivity index (χ4v) is 6.92. The van der Waals surface area contributed by atoms with Crippen LogP contribution in [-0.2, 0) is 0 Å². The SMILES string of the molecule is C1=C(c2ccc(-c3nc(-c4ccccc4)cc(-c4ccccc4)n3)cc2)CC(n2ccc3ccccc32)C=C1n1ccc2ccccc21. The summed E-state index contributed by atoms with van der Waals surface area (Å²) in [7, 11) is 0. The maximum absolute atomic E-state index is 5.05. The smallest absolute Gasteiger partial charge is 0.160 e. The molecule has 0 saturated carbocycles. The summed E-state index contributed by atoms with van der Waals surface area (Å²) in [5.74, 6) is 0.718. The number of benzene rings is 5. The highest BCUT2D eigenvalue weighted by atomic mass is 15.0. The first-order valence-corrected chi connectivity index (χ1v) is 16.4. The van der Waals surface area contributed by atoms with E-state index in [2.05, 4.69) is 173 Å². The minimum absolute atomic E-state index is 0.167. The molecule has 0 fully saturated rings. The molecule has 1 unspecified atom stereocenters. The van der Waals surface area contributed by atoms with Crippen molar-refractivity contribution in [2.24, 2.45) is 0 Å². The highest BCUT2D eigenvalue weighted by Crippen LogP contribution is 2.38. The van der Waals surface area contributed by atoms with Gasteiger partial charge in [0.15, 0.2) is 5.82 Å². The Labute approximate surface area is 279 Å². The molecule has 4 nitrogen and oxygen atoms in total. The van der Waals surface area contributed by atoms with Crippen molar-refractivity contribution >= 4 is 33.1 Å². The first kappa shape index (κ1) is 28.0. The minimum Gasteiger partial charge on any atom is -0.340 e. The Morgan fingerprint density at radius 2 is 1.06 bits per heavy atom. The summed E-state index contributed by atoms with van der Waals surface area (Å²) in [6.07, 6.45) is 10.1. The molecule has 1 aliphatic carbocycles. The largest absolute Gasteiger partial charge is 0.340 e. The van der Waals surface area contributed by atoms with E-state index < -0.39 is 0 Å². The number of fused-ring (bicyclic) bond motifs is 2. The third-order valence-electron chi connectivity index (χ3n) is 9.36. The maximum Gasteiger partial charge on any atom is 0.160 e. The number of allylic oxidation sites excluding steroid dienone is 4. The Hall–Kier alpha value is -6.26. The minimum atomic E-state index is 0.167. The summed E-state index contributed by atoms with van der Waals surface area (Å²) < 4.78 is 4.73. The Kier molecular flexibility index (Phi) is 6.90. The normalized spacial score (nSPS) is 14.6. The number of nitrogens with zero attached hydrogens (tertiary/aromatic N) is 4. The molecule has 3 heterocycles. The number of aromatic nitrogens is 4. The van der Waals surface area contributed by atoms with Gasteiger partial charge in [0.2, 0.25) is 0 Å². The summed E-state index contributed by atoms with van der Waals surface area (Å²) in [6, 6.07) is 53.3. The highest BCUT2D eigenvalue weighted by Gasteiger charge is 2.21. The highest BCUT2D eigenvalue weighted by molar-refractivity contribution is 5.89. The molecule has 0 amide bonds. The van der Waals surface area contributed by atoms with Gasteiger partial charge >= 0.3 is 0 Å². The van der Waals surface area contributed by atoms with Crippen molar-refractivity contribution in [3.05, 3.63) is 182 Å². The maximum atomic E-state index is 5.05. The molecule has 3 aromatic heterocycles. The molecule has 8 aromatic rings. The lowest BCUT2D eigenvalue weighted by Crippen LogP contribution is -2.12. The molecule has 0 saturated heterocycles. The van der Waals surface area contributed by atoms with Crippen molar-refractivity contribution < 1.29 is 0 Å². The Morgan fingerprint density at radius 3 is 1.75 bits per heavy atom. The average molecular weight is 617 g/mol. The molecule has 5 aromatic carbocycles. The first-order valence-electron chi connectivity index (χ1n) is 16.4. The van der Waals surface area contributed by atoms with Crippen molar-refractivity contribution in [1.29, 1.82) is 0 Å². The third-order valence-corrected chi connectivity index (χ3v) is 9.36. The van der Waals surface area contributed by atoms with Crippen molar-refractivity contribution in [2.75, 3.05) is 0 Å². The van der Waals surface area contributed by atoms with E-state index in [0.29, 0.717) is 0 Å². The summed E-state index contributed by atoms with van der Waals surface area (Å²) in [5.41, 5.74) is 11.1. The molecule has 228 valence electrons. The van der Waals surface area contributed by atoms with Gasteiger partial charge in [0.25, 0.3) is 0 Å². The first-order chi connectivity index (χ1) is 23.8. The quantitative estimate of drug-likeness (QED) is 0.186. The van der Waals surface area contributed by atoms with Crippen molar-refractivity contribution in [1.82, 2.24) is 19.1 Å². The van der Waals surface area contributed by atoms with Crippen LogP contribution in [0.3, 0.4) is 0 Å². The molecular formula is C44H32N4. The number of hydrogen-bond acceptors (Lipinski definition) is 2. The monoisotopic (exact) mass is 616 g/mol. The zero-order valence-corrected chi connectivity index (χ0v) is 26.3. The van der Waals surface area contributed by atoms with Gasteiger partial charge in [-0.1, -0.05) is 121 Å². The lowest BCUT2D eigenvalue weighted by Gasteiger charge is -2.25. The molecule has 48 heavy (non-hydrogen) atoms. The molecule has 0 N–H and O–H groups in total. The predicted octanol–water partition coefficient (Wildman–Crippen LogP) is 11.0. The molecule has 0 radical (unpaired) electrons. The Bertz CT molecular complexity index is 2410. The predicted molar refractivity (Wildman–Crippen MR) is 198 cm³/mol. The lowest BCUT2D eigenvalue weighted by molar-refractivity contribution is 0.636. The second-order valence-electron chi connectivity index (χ2n) is 12.3. The van der Waals surface area contributed by atoms with Crippen LogP contribution in [0.1, 0.15) is 18.0 Å². The zero-order valence-electron chi connectivity index (χ0n) is 26.3. The average Bonchev–Trinajstić information content (AvgIpc) is 3.80. The van der Waals surface area contributed by atoms with Crippen LogP contribution in [0.2, 0.25) is 0 Å². The second kappa shape index (κ2) is 11.8. The van der Waals surface area contributed by atoms with Gasteiger partial charge in [0.1, 0.15) is 0 Å². The molecule has 0 spiro atoms. The molecular weight excluding hydrogens is 585 g/mol. The summed E-state index contributed by atoms with van der Waals surface area (Å²) in [5, 5.41) is 2.49. The number of rotatable bonds is 6. The number of hydrogen-bond donors (Lipinski definition) is 0. The molecule has 1 atom stereocenters. The Balaban J connectivity index is 1.12. The van der Waals surface area contributed by atoms with Gasteiger partial charge in [-0.3, -0.25) is 0 Å².